The molecule has 0 aromatic heterocycles. The fourth-order valence-electron chi connectivity index (χ4n) is 1.77. The lowest BCUT2D eigenvalue weighted by atomic mass is 10.0. The van der Waals surface area contributed by atoms with Crippen LogP contribution < -0.4 is 5.32 Å². The molecule has 3 nitrogen and oxygen atoms in total. The molecule has 1 aromatic rings. The molecule has 1 aromatic carbocycles. The monoisotopic (exact) mass is 245 g/mol. The van der Waals surface area contributed by atoms with Gasteiger partial charge in [0, 0.05) is 18.4 Å². The summed E-state index contributed by atoms with van der Waals surface area (Å²) in [6, 6.07) is 9.46. The van der Waals surface area contributed by atoms with E-state index in [2.05, 4.69) is 11.4 Å². The van der Waals surface area contributed by atoms with Gasteiger partial charge in [-0.05, 0) is 31.0 Å². The van der Waals surface area contributed by atoms with Crippen molar-refractivity contribution in [1.29, 1.82) is 10.5 Å². The Balaban J connectivity index is 2.01. The summed E-state index contributed by atoms with van der Waals surface area (Å²) >= 11 is 6.06. The fourth-order valence-corrected chi connectivity index (χ4v) is 2.02. The van der Waals surface area contributed by atoms with Crippen molar-refractivity contribution in [1.82, 2.24) is 0 Å². The number of halogens is 1. The topological polar surface area (TPSA) is 59.6 Å². The van der Waals surface area contributed by atoms with Gasteiger partial charge in [0.15, 0.2) is 0 Å². The zero-order valence-electron chi connectivity index (χ0n) is 9.33. The van der Waals surface area contributed by atoms with Gasteiger partial charge in [0.05, 0.1) is 28.4 Å². The first-order valence-corrected chi connectivity index (χ1v) is 5.87. The van der Waals surface area contributed by atoms with Gasteiger partial charge in [-0.15, -0.1) is 0 Å². The molecule has 1 aliphatic rings. The van der Waals surface area contributed by atoms with E-state index in [1.165, 1.54) is 0 Å². The highest BCUT2D eigenvalue weighted by atomic mass is 35.5. The maximum Gasteiger partial charge on any atom is 0.0992 e. The summed E-state index contributed by atoms with van der Waals surface area (Å²) in [6.45, 7) is 0.770. The van der Waals surface area contributed by atoms with Crippen molar-refractivity contribution >= 4 is 17.3 Å². The number of nitrogens with zero attached hydrogens (tertiary/aromatic N) is 2. The van der Waals surface area contributed by atoms with Crippen LogP contribution >= 0.6 is 11.6 Å². The molecule has 0 amide bonds. The summed E-state index contributed by atoms with van der Waals surface area (Å²) in [4.78, 5) is 0. The Hall–Kier alpha value is -1.71. The van der Waals surface area contributed by atoms with Gasteiger partial charge in [0.1, 0.15) is 0 Å². The number of hydrogen-bond acceptors (Lipinski definition) is 3. The molecular weight excluding hydrogens is 234 g/mol. The highest BCUT2D eigenvalue weighted by molar-refractivity contribution is 6.33. The minimum Gasteiger partial charge on any atom is -0.383 e. The van der Waals surface area contributed by atoms with Gasteiger partial charge in [-0.3, -0.25) is 0 Å². The van der Waals surface area contributed by atoms with Crippen LogP contribution in [0.4, 0.5) is 5.69 Å². The largest absolute Gasteiger partial charge is 0.383 e. The predicted octanol–water partition coefficient (Wildman–Crippen LogP) is 3.32. The second kappa shape index (κ2) is 4.65. The lowest BCUT2D eigenvalue weighted by molar-refractivity contribution is 0.557. The zero-order chi connectivity index (χ0) is 12.3. The number of benzene rings is 1. The van der Waals surface area contributed by atoms with Gasteiger partial charge < -0.3 is 5.32 Å². The molecule has 1 fully saturated rings. The average molecular weight is 246 g/mol. The van der Waals surface area contributed by atoms with Crippen LogP contribution in [-0.4, -0.2) is 6.54 Å². The molecule has 4 heteroatoms. The molecular formula is C13H12ClN3. The Morgan fingerprint density at radius 3 is 2.65 bits per heavy atom. The third-order valence-electron chi connectivity index (χ3n) is 3.16. The van der Waals surface area contributed by atoms with Crippen molar-refractivity contribution in [3.05, 3.63) is 28.8 Å². The zero-order valence-corrected chi connectivity index (χ0v) is 10.1. The van der Waals surface area contributed by atoms with Gasteiger partial charge in [-0.2, -0.15) is 10.5 Å². The molecule has 17 heavy (non-hydrogen) atoms. The molecule has 1 saturated carbocycles. The molecule has 0 aliphatic heterocycles. The van der Waals surface area contributed by atoms with Crippen LogP contribution in [0.2, 0.25) is 5.02 Å². The summed E-state index contributed by atoms with van der Waals surface area (Å²) in [5, 5.41) is 21.3. The van der Waals surface area contributed by atoms with E-state index in [4.69, 9.17) is 22.1 Å². The van der Waals surface area contributed by atoms with Crippen LogP contribution in [0, 0.1) is 28.1 Å². The first kappa shape index (κ1) is 11.8. The Morgan fingerprint density at radius 1 is 1.35 bits per heavy atom. The van der Waals surface area contributed by atoms with E-state index in [0.29, 0.717) is 17.0 Å². The number of hydrogen-bond donors (Lipinski definition) is 1. The minimum atomic E-state index is 0.145. The Morgan fingerprint density at radius 2 is 2.12 bits per heavy atom. The van der Waals surface area contributed by atoms with Gasteiger partial charge in [0.25, 0.3) is 0 Å². The van der Waals surface area contributed by atoms with E-state index in [0.717, 1.165) is 25.1 Å². The molecule has 0 atom stereocenters. The molecule has 1 aliphatic carbocycles. The molecule has 0 spiro atoms. The van der Waals surface area contributed by atoms with Crippen molar-refractivity contribution in [2.45, 2.75) is 19.3 Å². The van der Waals surface area contributed by atoms with Crippen molar-refractivity contribution in [2.75, 3.05) is 11.9 Å². The second-order valence-corrected chi connectivity index (χ2v) is 4.90. The third-order valence-corrected chi connectivity index (χ3v) is 3.48. The molecule has 0 radical (unpaired) electrons. The number of rotatable bonds is 4. The van der Waals surface area contributed by atoms with Gasteiger partial charge in [-0.25, -0.2) is 0 Å². The lowest BCUT2D eigenvalue weighted by Crippen LogP contribution is -2.15. The maximum atomic E-state index is 8.73. The minimum absolute atomic E-state index is 0.145. The summed E-state index contributed by atoms with van der Waals surface area (Å²) in [6.07, 6.45) is 2.79. The maximum absolute atomic E-state index is 8.73. The standard InChI is InChI=1S/C13H12ClN3/c14-11-7-10(8-16)1-2-12(11)17-9-13(3-4-13)5-6-15/h1-2,7,17H,3-5,9H2. The molecule has 0 heterocycles. The van der Waals surface area contributed by atoms with Crippen molar-refractivity contribution < 1.29 is 0 Å². The Bertz CT molecular complexity index is 506. The highest BCUT2D eigenvalue weighted by Crippen LogP contribution is 2.48. The van der Waals surface area contributed by atoms with Gasteiger partial charge in [0.2, 0.25) is 0 Å². The lowest BCUT2D eigenvalue weighted by Gasteiger charge is -2.14. The Labute approximate surface area is 106 Å². The first-order chi connectivity index (χ1) is 8.19. The molecule has 1 N–H and O–H groups in total. The first-order valence-electron chi connectivity index (χ1n) is 5.50. The van der Waals surface area contributed by atoms with Crippen LogP contribution in [-0.2, 0) is 0 Å². The summed E-state index contributed by atoms with van der Waals surface area (Å²) < 4.78 is 0. The van der Waals surface area contributed by atoms with Crippen LogP contribution in [0.1, 0.15) is 24.8 Å². The third kappa shape index (κ3) is 2.70. The van der Waals surface area contributed by atoms with Crippen molar-refractivity contribution in [3.8, 4) is 12.1 Å². The van der Waals surface area contributed by atoms with E-state index < -0.39 is 0 Å². The van der Waals surface area contributed by atoms with Crippen molar-refractivity contribution in [2.24, 2.45) is 5.41 Å². The SMILES string of the molecule is N#CCC1(CNc2ccc(C#N)cc2Cl)CC1. The van der Waals surface area contributed by atoms with Crippen molar-refractivity contribution in [3.63, 3.8) is 0 Å². The average Bonchev–Trinajstić information content (AvgIpc) is 3.08. The van der Waals surface area contributed by atoms with Crippen LogP contribution in [0.15, 0.2) is 18.2 Å². The summed E-state index contributed by atoms with van der Waals surface area (Å²) in [5.41, 5.74) is 1.53. The molecule has 86 valence electrons. The summed E-state index contributed by atoms with van der Waals surface area (Å²) in [7, 11) is 0. The van der Waals surface area contributed by atoms with Crippen LogP contribution in [0.25, 0.3) is 0 Å². The summed E-state index contributed by atoms with van der Waals surface area (Å²) in [5.74, 6) is 0. The normalized spacial score (nSPS) is 15.7. The Kier molecular flexibility index (Phi) is 3.22. The van der Waals surface area contributed by atoms with Crippen LogP contribution in [0.3, 0.4) is 0 Å². The molecule has 2 rings (SSSR count). The second-order valence-electron chi connectivity index (χ2n) is 4.49. The highest BCUT2D eigenvalue weighted by Gasteiger charge is 2.42. The fraction of sp³-hybridized carbons (Fsp3) is 0.385. The quantitative estimate of drug-likeness (QED) is 0.885. The van der Waals surface area contributed by atoms with Gasteiger partial charge in [-0.1, -0.05) is 11.6 Å². The molecule has 0 saturated heterocycles. The van der Waals surface area contributed by atoms with Crippen LogP contribution in [0.5, 0.6) is 0 Å². The predicted molar refractivity (Wildman–Crippen MR) is 66.6 cm³/mol. The number of nitrogens with one attached hydrogen (secondary N) is 1. The van der Waals surface area contributed by atoms with E-state index in [-0.39, 0.29) is 5.41 Å². The molecule has 0 unspecified atom stereocenters. The van der Waals surface area contributed by atoms with E-state index in [1.807, 2.05) is 12.1 Å². The molecule has 0 bridgehead atoms. The smallest absolute Gasteiger partial charge is 0.0992 e. The number of nitriles is 2. The van der Waals surface area contributed by atoms with E-state index >= 15 is 0 Å². The van der Waals surface area contributed by atoms with E-state index in [9.17, 15) is 0 Å². The van der Waals surface area contributed by atoms with Gasteiger partial charge >= 0.3 is 0 Å². The van der Waals surface area contributed by atoms with E-state index in [1.54, 1.807) is 12.1 Å². The number of anilines is 1.